The van der Waals surface area contributed by atoms with Crippen LogP contribution >= 0.6 is 11.3 Å². The average Bonchev–Trinajstić information content (AvgIpc) is 3.41. The van der Waals surface area contributed by atoms with E-state index < -0.39 is 11.9 Å². The van der Waals surface area contributed by atoms with Gasteiger partial charge in [0.05, 0.1) is 17.0 Å². The number of hydrogen-bond acceptors (Lipinski definition) is 7. The van der Waals surface area contributed by atoms with Crippen LogP contribution < -0.4 is 10.6 Å². The van der Waals surface area contributed by atoms with E-state index in [-0.39, 0.29) is 17.6 Å². The van der Waals surface area contributed by atoms with Gasteiger partial charge in [0.2, 0.25) is 0 Å². The minimum atomic E-state index is -0.511. The fourth-order valence-electron chi connectivity index (χ4n) is 2.28. The Morgan fingerprint density at radius 1 is 1.10 bits per heavy atom. The maximum Gasteiger partial charge on any atom is 0.338 e. The zero-order valence-electron chi connectivity index (χ0n) is 15.6. The first kappa shape index (κ1) is 20.3. The normalized spacial score (nSPS) is 10.4. The Morgan fingerprint density at radius 2 is 1.90 bits per heavy atom. The maximum absolute atomic E-state index is 12.3. The number of nitrogens with one attached hydrogen (secondary N) is 2. The van der Waals surface area contributed by atoms with Crippen LogP contribution in [-0.2, 0) is 4.74 Å². The van der Waals surface area contributed by atoms with Crippen molar-refractivity contribution in [2.75, 3.05) is 17.2 Å². The van der Waals surface area contributed by atoms with Crippen LogP contribution in [0.25, 0.3) is 0 Å². The Labute approximate surface area is 170 Å². The van der Waals surface area contributed by atoms with Gasteiger partial charge in [0.1, 0.15) is 6.26 Å². The zero-order chi connectivity index (χ0) is 20.6. The largest absolute Gasteiger partial charge is 0.462 e. The van der Waals surface area contributed by atoms with Crippen molar-refractivity contribution >= 4 is 40.8 Å². The van der Waals surface area contributed by atoms with E-state index in [4.69, 9.17) is 9.15 Å². The summed E-state index contributed by atoms with van der Waals surface area (Å²) in [5.74, 6) is -1.28. The van der Waals surface area contributed by atoms with Crippen molar-refractivity contribution in [1.29, 1.82) is 0 Å². The summed E-state index contributed by atoms with van der Waals surface area (Å²) in [4.78, 5) is 40.6. The SMILES string of the molecule is CCCCOC(=O)c1ccc(NC(=O)c2coc(NC(=O)c3cccs3)n2)cc1. The first-order chi connectivity index (χ1) is 14.1. The quantitative estimate of drug-likeness (QED) is 0.423. The van der Waals surface area contributed by atoms with Gasteiger partial charge in [0.15, 0.2) is 5.69 Å². The van der Waals surface area contributed by atoms with Gasteiger partial charge in [0.25, 0.3) is 11.8 Å². The Morgan fingerprint density at radius 3 is 2.59 bits per heavy atom. The number of hydrogen-bond donors (Lipinski definition) is 2. The summed E-state index contributed by atoms with van der Waals surface area (Å²) in [7, 11) is 0. The number of oxazole rings is 1. The lowest BCUT2D eigenvalue weighted by molar-refractivity contribution is 0.0499. The second-order valence-electron chi connectivity index (χ2n) is 5.99. The van der Waals surface area contributed by atoms with Crippen molar-refractivity contribution in [1.82, 2.24) is 4.98 Å². The van der Waals surface area contributed by atoms with Crippen molar-refractivity contribution in [2.45, 2.75) is 19.8 Å². The summed E-state index contributed by atoms with van der Waals surface area (Å²) in [5, 5.41) is 6.91. The summed E-state index contributed by atoms with van der Waals surface area (Å²) in [6.07, 6.45) is 2.91. The summed E-state index contributed by atoms with van der Waals surface area (Å²) < 4.78 is 10.3. The molecule has 9 heteroatoms. The molecule has 0 unspecified atom stereocenters. The van der Waals surface area contributed by atoms with Crippen molar-refractivity contribution in [3.05, 3.63) is 64.2 Å². The fourth-order valence-corrected chi connectivity index (χ4v) is 2.90. The van der Waals surface area contributed by atoms with E-state index in [1.807, 2.05) is 6.92 Å². The summed E-state index contributed by atoms with van der Waals surface area (Å²) in [5.41, 5.74) is 0.890. The third-order valence-corrected chi connectivity index (χ3v) is 4.68. The van der Waals surface area contributed by atoms with E-state index >= 15 is 0 Å². The number of carbonyl (C=O) groups excluding carboxylic acids is 3. The molecule has 0 saturated carbocycles. The van der Waals surface area contributed by atoms with Crippen LogP contribution in [0.1, 0.15) is 50.3 Å². The van der Waals surface area contributed by atoms with E-state index in [0.717, 1.165) is 19.1 Å². The minimum Gasteiger partial charge on any atom is -0.462 e. The molecule has 2 aromatic heterocycles. The van der Waals surface area contributed by atoms with Gasteiger partial charge >= 0.3 is 12.0 Å². The predicted octanol–water partition coefficient (Wildman–Crippen LogP) is 4.20. The topological polar surface area (TPSA) is 111 Å². The van der Waals surface area contributed by atoms with E-state index in [0.29, 0.717) is 22.7 Å². The number of ether oxygens (including phenoxy) is 1. The maximum atomic E-state index is 12.3. The molecule has 0 radical (unpaired) electrons. The Balaban J connectivity index is 1.55. The van der Waals surface area contributed by atoms with Gasteiger partial charge in [-0.2, -0.15) is 4.98 Å². The van der Waals surface area contributed by atoms with Crippen LogP contribution in [0, 0.1) is 0 Å². The van der Waals surface area contributed by atoms with Gasteiger partial charge in [-0.3, -0.25) is 14.9 Å². The molecule has 0 saturated heterocycles. The van der Waals surface area contributed by atoms with Gasteiger partial charge in [-0.1, -0.05) is 19.4 Å². The highest BCUT2D eigenvalue weighted by molar-refractivity contribution is 7.12. The van der Waals surface area contributed by atoms with E-state index in [1.54, 1.807) is 41.8 Å². The van der Waals surface area contributed by atoms with E-state index in [1.165, 1.54) is 11.3 Å². The van der Waals surface area contributed by atoms with Crippen molar-refractivity contribution < 1.29 is 23.5 Å². The fraction of sp³-hybridized carbons (Fsp3) is 0.200. The van der Waals surface area contributed by atoms with Crippen LogP contribution in [0.3, 0.4) is 0 Å². The number of aromatic nitrogens is 1. The molecule has 0 bridgehead atoms. The van der Waals surface area contributed by atoms with Gasteiger partial charge in [-0.15, -0.1) is 11.3 Å². The number of carbonyl (C=O) groups is 3. The number of benzene rings is 1. The number of amides is 2. The monoisotopic (exact) mass is 413 g/mol. The van der Waals surface area contributed by atoms with Gasteiger partial charge in [-0.05, 0) is 42.1 Å². The molecular formula is C20H19N3O5S. The number of unbranched alkanes of at least 4 members (excludes halogenated alkanes) is 1. The van der Waals surface area contributed by atoms with Crippen molar-refractivity contribution in [3.63, 3.8) is 0 Å². The number of nitrogens with zero attached hydrogens (tertiary/aromatic N) is 1. The van der Waals surface area contributed by atoms with Gasteiger partial charge in [0, 0.05) is 5.69 Å². The first-order valence-corrected chi connectivity index (χ1v) is 9.83. The molecule has 8 nitrogen and oxygen atoms in total. The molecule has 0 atom stereocenters. The minimum absolute atomic E-state index is 0.00883. The molecule has 2 amide bonds. The van der Waals surface area contributed by atoms with E-state index in [9.17, 15) is 14.4 Å². The zero-order valence-corrected chi connectivity index (χ0v) is 16.5. The number of esters is 1. The molecule has 0 spiro atoms. The molecule has 150 valence electrons. The molecule has 0 fully saturated rings. The standard InChI is InChI=1S/C20H19N3O5S/c1-2-3-10-27-19(26)13-6-8-14(9-7-13)21-17(24)15-12-28-20(22-15)23-18(25)16-5-4-11-29-16/h4-9,11-12H,2-3,10H2,1H3,(H,21,24)(H,22,23,25). The second kappa shape index (κ2) is 9.65. The highest BCUT2D eigenvalue weighted by atomic mass is 32.1. The summed E-state index contributed by atoms with van der Waals surface area (Å²) in [6, 6.07) is 9.67. The molecular weight excluding hydrogens is 394 g/mol. The molecule has 0 aliphatic carbocycles. The molecule has 0 aliphatic heterocycles. The van der Waals surface area contributed by atoms with Gasteiger partial charge < -0.3 is 14.5 Å². The smallest absolute Gasteiger partial charge is 0.338 e. The molecule has 2 N–H and O–H groups in total. The molecule has 2 heterocycles. The van der Waals surface area contributed by atoms with Crippen LogP contribution in [0.5, 0.6) is 0 Å². The summed E-state index contributed by atoms with van der Waals surface area (Å²) in [6.45, 7) is 2.39. The lowest BCUT2D eigenvalue weighted by Gasteiger charge is -2.06. The number of anilines is 2. The average molecular weight is 413 g/mol. The Hall–Kier alpha value is -3.46. The Bertz CT molecular complexity index is 980. The predicted molar refractivity (Wildman–Crippen MR) is 108 cm³/mol. The molecule has 29 heavy (non-hydrogen) atoms. The van der Waals surface area contributed by atoms with E-state index in [2.05, 4.69) is 15.6 Å². The van der Waals surface area contributed by atoms with Crippen LogP contribution in [0.4, 0.5) is 11.7 Å². The molecule has 3 aromatic rings. The van der Waals surface area contributed by atoms with Crippen LogP contribution in [0.2, 0.25) is 0 Å². The lowest BCUT2D eigenvalue weighted by Crippen LogP contribution is -2.14. The second-order valence-corrected chi connectivity index (χ2v) is 6.94. The number of thiophene rings is 1. The highest BCUT2D eigenvalue weighted by Crippen LogP contribution is 2.15. The Kier molecular flexibility index (Phi) is 6.75. The lowest BCUT2D eigenvalue weighted by atomic mass is 10.2. The van der Waals surface area contributed by atoms with Gasteiger partial charge in [-0.25, -0.2) is 4.79 Å². The van der Waals surface area contributed by atoms with Crippen LogP contribution in [0.15, 0.2) is 52.5 Å². The van der Waals surface area contributed by atoms with Crippen molar-refractivity contribution in [2.24, 2.45) is 0 Å². The van der Waals surface area contributed by atoms with Crippen LogP contribution in [-0.4, -0.2) is 29.4 Å². The third-order valence-electron chi connectivity index (χ3n) is 3.81. The van der Waals surface area contributed by atoms with Crippen molar-refractivity contribution in [3.8, 4) is 0 Å². The molecule has 0 aliphatic rings. The molecule has 1 aromatic carbocycles. The number of rotatable bonds is 8. The summed E-state index contributed by atoms with van der Waals surface area (Å²) >= 11 is 1.28. The third kappa shape index (κ3) is 5.52. The highest BCUT2D eigenvalue weighted by Gasteiger charge is 2.16. The molecule has 3 rings (SSSR count). The first-order valence-electron chi connectivity index (χ1n) is 8.95.